The summed E-state index contributed by atoms with van der Waals surface area (Å²) in [6.07, 6.45) is 2.79. The van der Waals surface area contributed by atoms with E-state index >= 15 is 0 Å². The van der Waals surface area contributed by atoms with Crippen LogP contribution in [0.3, 0.4) is 0 Å². The van der Waals surface area contributed by atoms with Crippen LogP contribution in [0.15, 0.2) is 24.3 Å². The highest BCUT2D eigenvalue weighted by atomic mass is 35.5. The van der Waals surface area contributed by atoms with Gasteiger partial charge in [-0.1, -0.05) is 31.4 Å². The Kier molecular flexibility index (Phi) is 6.58. The number of hydrogen-bond acceptors (Lipinski definition) is 2. The molecule has 1 aromatic carbocycles. The molecule has 0 bridgehead atoms. The van der Waals surface area contributed by atoms with Gasteiger partial charge < -0.3 is 10.1 Å². The summed E-state index contributed by atoms with van der Waals surface area (Å²) in [5.74, 6) is 0.566. The Morgan fingerprint density at radius 2 is 2.00 bits per heavy atom. The predicted molar refractivity (Wildman–Crippen MR) is 74.1 cm³/mol. The number of hydrogen-bond donors (Lipinski definition) is 1. The van der Waals surface area contributed by atoms with Gasteiger partial charge >= 0.3 is 0 Å². The number of benzene rings is 1. The van der Waals surface area contributed by atoms with Gasteiger partial charge in [-0.2, -0.15) is 0 Å². The Bertz CT molecular complexity index is 365. The van der Waals surface area contributed by atoms with Crippen LogP contribution >= 0.6 is 11.6 Å². The summed E-state index contributed by atoms with van der Waals surface area (Å²) in [5, 5.41) is 3.51. The third kappa shape index (κ3) is 5.41. The fraction of sp³-hybridized carbons (Fsp3) is 0.500. The largest absolute Gasteiger partial charge is 0.481 e. The van der Waals surface area contributed by atoms with Crippen LogP contribution in [-0.4, -0.2) is 18.6 Å². The van der Waals surface area contributed by atoms with Crippen molar-refractivity contribution in [2.24, 2.45) is 0 Å². The second-order valence-corrected chi connectivity index (χ2v) is 4.65. The molecule has 18 heavy (non-hydrogen) atoms. The molecule has 1 atom stereocenters. The number of halogens is 1. The molecule has 0 radical (unpaired) electrons. The lowest BCUT2D eigenvalue weighted by Gasteiger charge is -2.14. The summed E-state index contributed by atoms with van der Waals surface area (Å²) in [6, 6.07) is 6.98. The van der Waals surface area contributed by atoms with E-state index in [1.807, 2.05) is 0 Å². The van der Waals surface area contributed by atoms with Crippen molar-refractivity contribution < 1.29 is 9.53 Å². The SMILES string of the molecule is CCCCCNC(=O)[C@@H](C)Oc1ccc(Cl)cc1. The molecule has 0 aliphatic rings. The molecule has 1 amide bonds. The minimum Gasteiger partial charge on any atom is -0.481 e. The van der Waals surface area contributed by atoms with E-state index in [1.165, 1.54) is 0 Å². The van der Waals surface area contributed by atoms with Crippen LogP contribution in [0.5, 0.6) is 5.75 Å². The molecule has 1 aromatic rings. The van der Waals surface area contributed by atoms with E-state index in [4.69, 9.17) is 16.3 Å². The van der Waals surface area contributed by atoms with Crippen LogP contribution in [0.2, 0.25) is 5.02 Å². The summed E-state index contributed by atoms with van der Waals surface area (Å²) in [4.78, 5) is 11.7. The molecule has 0 saturated carbocycles. The first kappa shape index (κ1) is 14.8. The first-order valence-electron chi connectivity index (χ1n) is 6.33. The Balaban J connectivity index is 2.33. The molecule has 100 valence electrons. The normalized spacial score (nSPS) is 11.9. The van der Waals surface area contributed by atoms with Gasteiger partial charge in [0.1, 0.15) is 5.75 Å². The highest BCUT2D eigenvalue weighted by Crippen LogP contribution is 2.16. The van der Waals surface area contributed by atoms with Gasteiger partial charge in [-0.05, 0) is 37.6 Å². The van der Waals surface area contributed by atoms with Gasteiger partial charge in [-0.25, -0.2) is 0 Å². The molecule has 0 heterocycles. The van der Waals surface area contributed by atoms with E-state index in [0.717, 1.165) is 19.3 Å². The maximum atomic E-state index is 11.7. The quantitative estimate of drug-likeness (QED) is 0.771. The molecule has 0 saturated heterocycles. The van der Waals surface area contributed by atoms with Gasteiger partial charge in [0.2, 0.25) is 0 Å². The van der Waals surface area contributed by atoms with Crippen LogP contribution in [0, 0.1) is 0 Å². The topological polar surface area (TPSA) is 38.3 Å². The molecule has 0 aliphatic carbocycles. The van der Waals surface area contributed by atoms with Crippen molar-refractivity contribution in [3.8, 4) is 5.75 Å². The summed E-state index contributed by atoms with van der Waals surface area (Å²) < 4.78 is 5.52. The number of ether oxygens (including phenoxy) is 1. The molecular weight excluding hydrogens is 250 g/mol. The molecule has 0 aromatic heterocycles. The van der Waals surface area contributed by atoms with Gasteiger partial charge in [-0.15, -0.1) is 0 Å². The highest BCUT2D eigenvalue weighted by Gasteiger charge is 2.13. The van der Waals surface area contributed by atoms with Gasteiger partial charge in [0.05, 0.1) is 0 Å². The van der Waals surface area contributed by atoms with Gasteiger partial charge in [-0.3, -0.25) is 4.79 Å². The number of carbonyl (C=O) groups is 1. The molecule has 1 N–H and O–H groups in total. The van der Waals surface area contributed by atoms with Crippen LogP contribution < -0.4 is 10.1 Å². The zero-order valence-corrected chi connectivity index (χ0v) is 11.7. The maximum Gasteiger partial charge on any atom is 0.260 e. The molecular formula is C14H20ClNO2. The number of carbonyl (C=O) groups excluding carboxylic acids is 1. The molecule has 0 spiro atoms. The lowest BCUT2D eigenvalue weighted by atomic mass is 10.2. The molecule has 0 aliphatic heterocycles. The van der Waals surface area contributed by atoms with Crippen molar-refractivity contribution >= 4 is 17.5 Å². The second-order valence-electron chi connectivity index (χ2n) is 4.21. The van der Waals surface area contributed by atoms with E-state index in [0.29, 0.717) is 17.3 Å². The number of amides is 1. The predicted octanol–water partition coefficient (Wildman–Crippen LogP) is 3.41. The Hall–Kier alpha value is -1.22. The fourth-order valence-corrected chi connectivity index (χ4v) is 1.63. The Labute approximate surface area is 113 Å². The average Bonchev–Trinajstić information content (AvgIpc) is 2.37. The monoisotopic (exact) mass is 269 g/mol. The third-order valence-corrected chi connectivity index (χ3v) is 2.83. The van der Waals surface area contributed by atoms with Crippen molar-refractivity contribution in [2.45, 2.75) is 39.2 Å². The van der Waals surface area contributed by atoms with E-state index in [1.54, 1.807) is 31.2 Å². The molecule has 0 fully saturated rings. The summed E-state index contributed by atoms with van der Waals surface area (Å²) in [7, 11) is 0. The second kappa shape index (κ2) is 7.98. The molecule has 4 heteroatoms. The van der Waals surface area contributed by atoms with Gasteiger partial charge in [0.25, 0.3) is 5.91 Å². The van der Waals surface area contributed by atoms with E-state index in [-0.39, 0.29) is 5.91 Å². The van der Waals surface area contributed by atoms with E-state index in [9.17, 15) is 4.79 Å². The van der Waals surface area contributed by atoms with E-state index < -0.39 is 6.10 Å². The molecule has 1 rings (SSSR count). The first-order valence-corrected chi connectivity index (χ1v) is 6.71. The zero-order chi connectivity index (χ0) is 13.4. The van der Waals surface area contributed by atoms with Crippen molar-refractivity contribution in [3.05, 3.63) is 29.3 Å². The average molecular weight is 270 g/mol. The molecule has 3 nitrogen and oxygen atoms in total. The van der Waals surface area contributed by atoms with Crippen LogP contribution in [-0.2, 0) is 4.79 Å². The highest BCUT2D eigenvalue weighted by molar-refractivity contribution is 6.30. The number of nitrogens with one attached hydrogen (secondary N) is 1. The lowest BCUT2D eigenvalue weighted by molar-refractivity contribution is -0.127. The summed E-state index contributed by atoms with van der Waals surface area (Å²) in [6.45, 7) is 4.58. The Morgan fingerprint density at radius 1 is 1.33 bits per heavy atom. The third-order valence-electron chi connectivity index (χ3n) is 2.58. The van der Waals surface area contributed by atoms with Crippen LogP contribution in [0.4, 0.5) is 0 Å². The molecule has 0 unspecified atom stereocenters. The number of rotatable bonds is 7. The van der Waals surface area contributed by atoms with Gasteiger partial charge in [0.15, 0.2) is 6.10 Å². The van der Waals surface area contributed by atoms with Crippen molar-refractivity contribution in [2.75, 3.05) is 6.54 Å². The first-order chi connectivity index (χ1) is 8.63. The Morgan fingerprint density at radius 3 is 2.61 bits per heavy atom. The minimum absolute atomic E-state index is 0.0824. The number of unbranched alkanes of at least 4 members (excludes halogenated alkanes) is 2. The minimum atomic E-state index is -0.493. The maximum absolute atomic E-state index is 11.7. The summed E-state index contributed by atoms with van der Waals surface area (Å²) >= 11 is 5.77. The lowest BCUT2D eigenvalue weighted by Crippen LogP contribution is -2.36. The van der Waals surface area contributed by atoms with Crippen LogP contribution in [0.25, 0.3) is 0 Å². The fourth-order valence-electron chi connectivity index (χ4n) is 1.50. The van der Waals surface area contributed by atoms with Crippen molar-refractivity contribution in [3.63, 3.8) is 0 Å². The zero-order valence-electron chi connectivity index (χ0n) is 10.9. The van der Waals surface area contributed by atoms with E-state index in [2.05, 4.69) is 12.2 Å². The summed E-state index contributed by atoms with van der Waals surface area (Å²) in [5.41, 5.74) is 0. The van der Waals surface area contributed by atoms with Crippen molar-refractivity contribution in [1.29, 1.82) is 0 Å². The van der Waals surface area contributed by atoms with Gasteiger partial charge in [0, 0.05) is 11.6 Å². The van der Waals surface area contributed by atoms with Crippen LogP contribution in [0.1, 0.15) is 33.1 Å². The smallest absolute Gasteiger partial charge is 0.260 e. The standard InChI is InChI=1S/C14H20ClNO2/c1-3-4-5-10-16-14(17)11(2)18-13-8-6-12(15)7-9-13/h6-9,11H,3-5,10H2,1-2H3,(H,16,17)/t11-/m1/s1. The van der Waals surface area contributed by atoms with Crippen molar-refractivity contribution in [1.82, 2.24) is 5.32 Å².